The summed E-state index contributed by atoms with van der Waals surface area (Å²) in [5.41, 5.74) is 6.29. The highest BCUT2D eigenvalue weighted by molar-refractivity contribution is 7.15. The van der Waals surface area contributed by atoms with Crippen LogP contribution >= 0.6 is 11.3 Å². The summed E-state index contributed by atoms with van der Waals surface area (Å²) in [7, 11) is 0. The molecule has 0 aliphatic rings. The molecule has 1 aromatic heterocycles. The molecule has 0 radical (unpaired) electrons. The van der Waals surface area contributed by atoms with Crippen LogP contribution in [-0.2, 0) is 6.42 Å². The van der Waals surface area contributed by atoms with Gasteiger partial charge in [0.2, 0.25) is 0 Å². The molecule has 0 amide bonds. The highest BCUT2D eigenvalue weighted by atomic mass is 32.1. The van der Waals surface area contributed by atoms with Crippen molar-refractivity contribution in [1.29, 1.82) is 0 Å². The van der Waals surface area contributed by atoms with Crippen LogP contribution in [0.25, 0.3) is 10.6 Å². The SMILES string of the molecule is NCCCc1cnc(-c2cccc(F)c2)s1. The minimum Gasteiger partial charge on any atom is -0.330 e. The molecule has 1 aromatic carbocycles. The number of aryl methyl sites for hydroxylation is 1. The van der Waals surface area contributed by atoms with Crippen LogP contribution in [0.1, 0.15) is 11.3 Å². The van der Waals surface area contributed by atoms with Crippen LogP contribution in [0.3, 0.4) is 0 Å². The Morgan fingerprint density at radius 1 is 1.38 bits per heavy atom. The molecular formula is C12H13FN2S. The molecule has 2 N–H and O–H groups in total. The maximum Gasteiger partial charge on any atom is 0.123 e. The summed E-state index contributed by atoms with van der Waals surface area (Å²) in [6, 6.07) is 6.51. The largest absolute Gasteiger partial charge is 0.330 e. The van der Waals surface area contributed by atoms with Gasteiger partial charge in [-0.3, -0.25) is 0 Å². The summed E-state index contributed by atoms with van der Waals surface area (Å²) in [6.45, 7) is 0.688. The van der Waals surface area contributed by atoms with Gasteiger partial charge < -0.3 is 5.73 Å². The van der Waals surface area contributed by atoms with Gasteiger partial charge in [-0.1, -0.05) is 12.1 Å². The van der Waals surface area contributed by atoms with Gasteiger partial charge in [-0.15, -0.1) is 11.3 Å². The van der Waals surface area contributed by atoms with E-state index in [4.69, 9.17) is 5.73 Å². The molecular weight excluding hydrogens is 223 g/mol. The number of hydrogen-bond acceptors (Lipinski definition) is 3. The van der Waals surface area contributed by atoms with Crippen LogP contribution in [0.2, 0.25) is 0 Å². The number of nitrogens with two attached hydrogens (primary N) is 1. The van der Waals surface area contributed by atoms with Crippen LogP contribution in [0, 0.1) is 5.82 Å². The van der Waals surface area contributed by atoms with Crippen LogP contribution in [0.4, 0.5) is 4.39 Å². The average molecular weight is 236 g/mol. The number of benzene rings is 1. The molecule has 0 saturated carbocycles. The molecule has 0 unspecified atom stereocenters. The molecule has 2 rings (SSSR count). The van der Waals surface area contributed by atoms with Gasteiger partial charge in [-0.05, 0) is 31.5 Å². The minimum atomic E-state index is -0.226. The Labute approximate surface area is 97.9 Å². The predicted molar refractivity (Wildman–Crippen MR) is 64.9 cm³/mol. The first-order valence-electron chi connectivity index (χ1n) is 5.20. The number of halogens is 1. The first-order valence-corrected chi connectivity index (χ1v) is 6.02. The summed E-state index contributed by atoms with van der Waals surface area (Å²) in [4.78, 5) is 5.49. The van der Waals surface area contributed by atoms with Crippen LogP contribution in [0.5, 0.6) is 0 Å². The van der Waals surface area contributed by atoms with Gasteiger partial charge >= 0.3 is 0 Å². The molecule has 0 fully saturated rings. The molecule has 84 valence electrons. The van der Waals surface area contributed by atoms with Crippen molar-refractivity contribution >= 4 is 11.3 Å². The lowest BCUT2D eigenvalue weighted by molar-refractivity contribution is 0.628. The fourth-order valence-electron chi connectivity index (χ4n) is 1.45. The second-order valence-electron chi connectivity index (χ2n) is 3.53. The second kappa shape index (κ2) is 5.18. The van der Waals surface area contributed by atoms with Crippen LogP contribution < -0.4 is 5.73 Å². The normalized spacial score (nSPS) is 10.6. The lowest BCUT2D eigenvalue weighted by Gasteiger charge is -1.95. The highest BCUT2D eigenvalue weighted by Gasteiger charge is 2.05. The molecule has 0 bridgehead atoms. The van der Waals surface area contributed by atoms with Gasteiger partial charge in [0.1, 0.15) is 10.8 Å². The summed E-state index contributed by atoms with van der Waals surface area (Å²) in [5, 5.41) is 0.867. The van der Waals surface area contributed by atoms with Gasteiger partial charge in [0, 0.05) is 16.6 Å². The number of nitrogens with zero attached hydrogens (tertiary/aromatic N) is 1. The quantitative estimate of drug-likeness (QED) is 0.886. The third kappa shape index (κ3) is 2.65. The highest BCUT2D eigenvalue weighted by Crippen LogP contribution is 2.26. The molecule has 16 heavy (non-hydrogen) atoms. The van der Waals surface area contributed by atoms with Gasteiger partial charge in [-0.2, -0.15) is 0 Å². The van der Waals surface area contributed by atoms with Crippen molar-refractivity contribution in [2.24, 2.45) is 5.73 Å². The van der Waals surface area contributed by atoms with E-state index in [1.807, 2.05) is 12.3 Å². The van der Waals surface area contributed by atoms with Crippen LogP contribution in [0.15, 0.2) is 30.5 Å². The van der Waals surface area contributed by atoms with E-state index in [2.05, 4.69) is 4.98 Å². The number of thiazole rings is 1. The van der Waals surface area contributed by atoms with Crippen molar-refractivity contribution in [2.75, 3.05) is 6.54 Å². The summed E-state index contributed by atoms with van der Waals surface area (Å²) in [6.07, 6.45) is 3.76. The van der Waals surface area contributed by atoms with E-state index in [0.29, 0.717) is 6.54 Å². The van der Waals surface area contributed by atoms with E-state index in [0.717, 1.165) is 23.4 Å². The third-order valence-electron chi connectivity index (χ3n) is 2.25. The maximum absolute atomic E-state index is 13.0. The Bertz CT molecular complexity index is 468. The summed E-state index contributed by atoms with van der Waals surface area (Å²) in [5.74, 6) is -0.226. The number of rotatable bonds is 4. The zero-order valence-electron chi connectivity index (χ0n) is 8.82. The van der Waals surface area contributed by atoms with E-state index >= 15 is 0 Å². The first kappa shape index (κ1) is 11.2. The van der Waals surface area contributed by atoms with Crippen molar-refractivity contribution in [3.05, 3.63) is 41.2 Å². The molecule has 2 aromatic rings. The van der Waals surface area contributed by atoms with E-state index in [-0.39, 0.29) is 5.82 Å². The molecule has 0 aliphatic carbocycles. The molecule has 0 saturated heterocycles. The Hall–Kier alpha value is -1.26. The minimum absolute atomic E-state index is 0.226. The van der Waals surface area contributed by atoms with E-state index < -0.39 is 0 Å². The number of hydrogen-bond donors (Lipinski definition) is 1. The lowest BCUT2D eigenvalue weighted by Crippen LogP contribution is -1.99. The number of aromatic nitrogens is 1. The zero-order chi connectivity index (χ0) is 11.4. The van der Waals surface area contributed by atoms with Gasteiger partial charge in [0.15, 0.2) is 0 Å². The Balaban J connectivity index is 2.18. The Morgan fingerprint density at radius 2 is 2.25 bits per heavy atom. The molecule has 1 heterocycles. The Kier molecular flexibility index (Phi) is 3.64. The van der Waals surface area contributed by atoms with Crippen molar-refractivity contribution in [2.45, 2.75) is 12.8 Å². The van der Waals surface area contributed by atoms with Gasteiger partial charge in [0.05, 0.1) is 0 Å². The third-order valence-corrected chi connectivity index (χ3v) is 3.36. The van der Waals surface area contributed by atoms with Gasteiger partial charge in [0.25, 0.3) is 0 Å². The standard InChI is InChI=1S/C12H13FN2S/c13-10-4-1-3-9(7-10)12-15-8-11(16-12)5-2-6-14/h1,3-4,7-8H,2,5-6,14H2. The van der Waals surface area contributed by atoms with E-state index in [9.17, 15) is 4.39 Å². The topological polar surface area (TPSA) is 38.9 Å². The maximum atomic E-state index is 13.0. The van der Waals surface area contributed by atoms with Crippen molar-refractivity contribution in [1.82, 2.24) is 4.98 Å². The molecule has 0 atom stereocenters. The van der Waals surface area contributed by atoms with Crippen molar-refractivity contribution in [3.8, 4) is 10.6 Å². The first-order chi connectivity index (χ1) is 7.79. The fraction of sp³-hybridized carbons (Fsp3) is 0.250. The van der Waals surface area contributed by atoms with E-state index in [1.165, 1.54) is 17.0 Å². The molecule has 0 aliphatic heterocycles. The summed E-state index contributed by atoms with van der Waals surface area (Å²) < 4.78 is 13.0. The predicted octanol–water partition coefficient (Wildman–Crippen LogP) is 2.84. The zero-order valence-corrected chi connectivity index (χ0v) is 9.64. The average Bonchev–Trinajstić information content (AvgIpc) is 2.75. The summed E-state index contributed by atoms with van der Waals surface area (Å²) >= 11 is 1.60. The Morgan fingerprint density at radius 3 is 3.00 bits per heavy atom. The lowest BCUT2D eigenvalue weighted by atomic mass is 10.2. The fourth-order valence-corrected chi connectivity index (χ4v) is 2.40. The van der Waals surface area contributed by atoms with E-state index in [1.54, 1.807) is 17.4 Å². The van der Waals surface area contributed by atoms with Gasteiger partial charge in [-0.25, -0.2) is 9.37 Å². The van der Waals surface area contributed by atoms with Crippen molar-refractivity contribution in [3.63, 3.8) is 0 Å². The molecule has 0 spiro atoms. The van der Waals surface area contributed by atoms with Crippen molar-refractivity contribution < 1.29 is 4.39 Å². The second-order valence-corrected chi connectivity index (χ2v) is 4.65. The molecule has 2 nitrogen and oxygen atoms in total. The smallest absolute Gasteiger partial charge is 0.123 e. The molecule has 4 heteroatoms. The van der Waals surface area contributed by atoms with Crippen LogP contribution in [-0.4, -0.2) is 11.5 Å². The monoisotopic (exact) mass is 236 g/mol.